The third-order valence-corrected chi connectivity index (χ3v) is 7.03. The minimum Gasteiger partial charge on any atom is -0.303 e. The Labute approximate surface area is 133 Å². The number of nitrogens with zero attached hydrogens (tertiary/aromatic N) is 1. The minimum absolute atomic E-state index is 0.374. The molecular formula is C13H21BrN2O2S2. The molecule has 1 aliphatic rings. The third-order valence-electron chi connectivity index (χ3n) is 3.46. The van der Waals surface area contributed by atoms with Gasteiger partial charge in [-0.1, -0.05) is 12.8 Å². The van der Waals surface area contributed by atoms with Gasteiger partial charge in [0.15, 0.2) is 0 Å². The van der Waals surface area contributed by atoms with Gasteiger partial charge in [-0.25, -0.2) is 13.1 Å². The molecule has 0 amide bonds. The molecule has 2 heterocycles. The van der Waals surface area contributed by atoms with Gasteiger partial charge in [0.2, 0.25) is 10.0 Å². The number of rotatable bonds is 6. The molecule has 1 fully saturated rings. The molecule has 1 saturated heterocycles. The molecule has 2 rings (SSSR count). The van der Waals surface area contributed by atoms with Crippen molar-refractivity contribution in [1.29, 1.82) is 0 Å². The molecule has 20 heavy (non-hydrogen) atoms. The zero-order valence-electron chi connectivity index (χ0n) is 11.5. The maximum Gasteiger partial charge on any atom is 0.250 e. The second-order valence-electron chi connectivity index (χ2n) is 5.07. The van der Waals surface area contributed by atoms with Gasteiger partial charge in [0.1, 0.15) is 4.21 Å². The third kappa shape index (κ3) is 5.11. The van der Waals surface area contributed by atoms with Crippen molar-refractivity contribution in [2.24, 2.45) is 0 Å². The number of hydrogen-bond donors (Lipinski definition) is 1. The molecular weight excluding hydrogens is 360 g/mol. The van der Waals surface area contributed by atoms with E-state index in [-0.39, 0.29) is 0 Å². The summed E-state index contributed by atoms with van der Waals surface area (Å²) in [5.74, 6) is 0. The monoisotopic (exact) mass is 380 g/mol. The lowest BCUT2D eigenvalue weighted by molar-refractivity contribution is 0.282. The summed E-state index contributed by atoms with van der Waals surface area (Å²) in [5.41, 5.74) is 0. The smallest absolute Gasteiger partial charge is 0.250 e. The first kappa shape index (κ1) is 16.4. The van der Waals surface area contributed by atoms with Crippen LogP contribution in [-0.2, 0) is 10.0 Å². The van der Waals surface area contributed by atoms with Crippen LogP contribution in [0.15, 0.2) is 20.1 Å². The standard InChI is InChI=1S/C13H21BrN2O2S2/c14-12-6-7-13(19-12)20(17,18)15-8-5-11-16-9-3-1-2-4-10-16/h6-7,15H,1-5,8-11H2. The van der Waals surface area contributed by atoms with Crippen LogP contribution in [0.5, 0.6) is 0 Å². The number of sulfonamides is 1. The van der Waals surface area contributed by atoms with Gasteiger partial charge >= 0.3 is 0 Å². The summed E-state index contributed by atoms with van der Waals surface area (Å²) in [6.45, 7) is 3.81. The Balaban J connectivity index is 1.72. The van der Waals surface area contributed by atoms with Crippen molar-refractivity contribution in [3.63, 3.8) is 0 Å². The summed E-state index contributed by atoms with van der Waals surface area (Å²) >= 11 is 4.52. The van der Waals surface area contributed by atoms with Gasteiger partial charge in [-0.15, -0.1) is 11.3 Å². The van der Waals surface area contributed by atoms with E-state index in [2.05, 4.69) is 25.6 Å². The maximum atomic E-state index is 12.0. The lowest BCUT2D eigenvalue weighted by Crippen LogP contribution is -2.30. The van der Waals surface area contributed by atoms with E-state index < -0.39 is 10.0 Å². The number of hydrogen-bond acceptors (Lipinski definition) is 4. The predicted molar refractivity (Wildman–Crippen MR) is 86.7 cm³/mol. The average molecular weight is 381 g/mol. The summed E-state index contributed by atoms with van der Waals surface area (Å²) in [7, 11) is -3.33. The fraction of sp³-hybridized carbons (Fsp3) is 0.692. The normalized spacial score (nSPS) is 18.1. The highest BCUT2D eigenvalue weighted by molar-refractivity contribution is 9.11. The zero-order valence-corrected chi connectivity index (χ0v) is 14.7. The first-order chi connectivity index (χ1) is 9.58. The van der Waals surface area contributed by atoms with Crippen LogP contribution in [0.3, 0.4) is 0 Å². The van der Waals surface area contributed by atoms with E-state index in [0.717, 1.165) is 29.8 Å². The van der Waals surface area contributed by atoms with Crippen molar-refractivity contribution in [2.45, 2.75) is 36.3 Å². The van der Waals surface area contributed by atoms with Crippen LogP contribution < -0.4 is 4.72 Å². The van der Waals surface area contributed by atoms with Crippen molar-refractivity contribution in [3.8, 4) is 0 Å². The van der Waals surface area contributed by atoms with E-state index in [1.807, 2.05) is 0 Å². The van der Waals surface area contributed by atoms with Crippen LogP contribution in [0.4, 0.5) is 0 Å². The molecule has 0 saturated carbocycles. The van der Waals surface area contributed by atoms with Crippen LogP contribution in [0.1, 0.15) is 32.1 Å². The van der Waals surface area contributed by atoms with Gasteiger partial charge < -0.3 is 4.90 Å². The first-order valence-electron chi connectivity index (χ1n) is 7.05. The van der Waals surface area contributed by atoms with Gasteiger partial charge in [-0.2, -0.15) is 0 Å². The quantitative estimate of drug-likeness (QED) is 0.771. The summed E-state index contributed by atoms with van der Waals surface area (Å²) < 4.78 is 27.9. The van der Waals surface area contributed by atoms with E-state index in [0.29, 0.717) is 10.8 Å². The van der Waals surface area contributed by atoms with Gasteiger partial charge in [0, 0.05) is 6.54 Å². The predicted octanol–water partition coefficient (Wildman–Crippen LogP) is 3.06. The van der Waals surface area contributed by atoms with Crippen molar-refractivity contribution in [1.82, 2.24) is 9.62 Å². The number of nitrogens with one attached hydrogen (secondary N) is 1. The summed E-state index contributed by atoms with van der Waals surface area (Å²) in [6, 6.07) is 3.39. The van der Waals surface area contributed by atoms with Crippen molar-refractivity contribution >= 4 is 37.3 Å². The molecule has 4 nitrogen and oxygen atoms in total. The average Bonchev–Trinajstić information content (AvgIpc) is 2.70. The van der Waals surface area contributed by atoms with E-state index in [9.17, 15) is 8.42 Å². The largest absolute Gasteiger partial charge is 0.303 e. The van der Waals surface area contributed by atoms with Crippen molar-refractivity contribution in [3.05, 3.63) is 15.9 Å². The molecule has 1 aromatic rings. The molecule has 0 unspecified atom stereocenters. The highest BCUT2D eigenvalue weighted by atomic mass is 79.9. The van der Waals surface area contributed by atoms with Crippen LogP contribution in [0.2, 0.25) is 0 Å². The minimum atomic E-state index is -3.33. The summed E-state index contributed by atoms with van der Waals surface area (Å²) in [5, 5.41) is 0. The number of thiophene rings is 1. The van der Waals surface area contributed by atoms with Crippen LogP contribution in [0, 0.1) is 0 Å². The second-order valence-corrected chi connectivity index (χ2v) is 9.52. The number of likely N-dealkylation sites (tertiary alicyclic amines) is 1. The van der Waals surface area contributed by atoms with E-state index in [1.54, 1.807) is 12.1 Å². The Morgan fingerprint density at radius 2 is 1.90 bits per heavy atom. The highest BCUT2D eigenvalue weighted by Gasteiger charge is 2.16. The molecule has 1 aromatic heterocycles. The highest BCUT2D eigenvalue weighted by Crippen LogP contribution is 2.25. The van der Waals surface area contributed by atoms with Crippen molar-refractivity contribution in [2.75, 3.05) is 26.2 Å². The molecule has 0 aromatic carbocycles. The Kier molecular flexibility index (Phi) is 6.48. The summed E-state index contributed by atoms with van der Waals surface area (Å²) in [4.78, 5) is 2.45. The van der Waals surface area contributed by atoms with Gasteiger partial charge in [0.25, 0.3) is 0 Å². The Morgan fingerprint density at radius 3 is 2.50 bits per heavy atom. The number of halogens is 1. The summed E-state index contributed by atoms with van der Waals surface area (Å²) in [6.07, 6.45) is 6.07. The fourth-order valence-electron chi connectivity index (χ4n) is 2.38. The van der Waals surface area contributed by atoms with E-state index in [1.165, 1.54) is 37.0 Å². The lowest BCUT2D eigenvalue weighted by Gasteiger charge is -2.19. The van der Waals surface area contributed by atoms with Crippen LogP contribution in [0.25, 0.3) is 0 Å². The molecule has 0 bridgehead atoms. The maximum absolute atomic E-state index is 12.0. The van der Waals surface area contributed by atoms with Gasteiger partial charge in [-0.05, 0) is 67.0 Å². The second kappa shape index (κ2) is 7.89. The van der Waals surface area contributed by atoms with Crippen LogP contribution in [-0.4, -0.2) is 39.5 Å². The van der Waals surface area contributed by atoms with E-state index >= 15 is 0 Å². The molecule has 114 valence electrons. The fourth-order valence-corrected chi connectivity index (χ4v) is 5.51. The molecule has 0 spiro atoms. The first-order valence-corrected chi connectivity index (χ1v) is 10.1. The molecule has 7 heteroatoms. The molecule has 0 atom stereocenters. The van der Waals surface area contributed by atoms with Gasteiger partial charge in [-0.3, -0.25) is 0 Å². The topological polar surface area (TPSA) is 49.4 Å². The molecule has 1 N–H and O–H groups in total. The molecule has 0 radical (unpaired) electrons. The van der Waals surface area contributed by atoms with Crippen molar-refractivity contribution < 1.29 is 8.42 Å². The molecule has 0 aliphatic carbocycles. The Morgan fingerprint density at radius 1 is 1.20 bits per heavy atom. The molecule has 1 aliphatic heterocycles. The Bertz CT molecular complexity index is 508. The van der Waals surface area contributed by atoms with Crippen LogP contribution >= 0.6 is 27.3 Å². The van der Waals surface area contributed by atoms with Gasteiger partial charge in [0.05, 0.1) is 3.79 Å². The Hall–Kier alpha value is 0.0500. The SMILES string of the molecule is O=S(=O)(NCCCN1CCCCCC1)c1ccc(Br)s1. The zero-order chi connectivity index (χ0) is 14.4. The lowest BCUT2D eigenvalue weighted by atomic mass is 10.2. The van der Waals surface area contributed by atoms with E-state index in [4.69, 9.17) is 0 Å².